The van der Waals surface area contributed by atoms with Crippen molar-refractivity contribution >= 4 is 17.8 Å². The van der Waals surface area contributed by atoms with Crippen LogP contribution in [0.1, 0.15) is 23.6 Å². The summed E-state index contributed by atoms with van der Waals surface area (Å²) < 4.78 is 2.11. The number of allylic oxidation sites excluding steroid dienone is 2. The lowest BCUT2D eigenvalue weighted by atomic mass is 10.0. The molecule has 1 aliphatic heterocycles. The van der Waals surface area contributed by atoms with E-state index in [-0.39, 0.29) is 0 Å². The third kappa shape index (κ3) is 3.26. The van der Waals surface area contributed by atoms with Crippen molar-refractivity contribution in [1.29, 1.82) is 0 Å². The predicted octanol–water partition coefficient (Wildman–Crippen LogP) is 4.36. The monoisotopic (exact) mass is 303 g/mol. The number of nitrogens with zero attached hydrogens (tertiary/aromatic N) is 2. The molecule has 0 radical (unpaired) electrons. The van der Waals surface area contributed by atoms with Gasteiger partial charge in [-0.25, -0.2) is 4.57 Å². The summed E-state index contributed by atoms with van der Waals surface area (Å²) in [5.74, 6) is 0. The van der Waals surface area contributed by atoms with Crippen molar-refractivity contribution in [2.45, 2.75) is 20.4 Å². The fraction of sp³-hybridized carbons (Fsp3) is 0.190. The van der Waals surface area contributed by atoms with Crippen LogP contribution in [0.3, 0.4) is 0 Å². The largest absolute Gasteiger partial charge is 0.341 e. The molecule has 1 aromatic heterocycles. The number of anilines is 1. The number of aromatic nitrogens is 1. The Bertz CT molecular complexity index is 767. The van der Waals surface area contributed by atoms with Gasteiger partial charge in [-0.2, -0.15) is 0 Å². The highest BCUT2D eigenvalue weighted by Gasteiger charge is 2.15. The zero-order valence-electron chi connectivity index (χ0n) is 13.9. The van der Waals surface area contributed by atoms with Gasteiger partial charge in [0, 0.05) is 30.1 Å². The maximum absolute atomic E-state index is 3.77. The Labute approximate surface area is 138 Å². The van der Waals surface area contributed by atoms with Crippen LogP contribution >= 0.6 is 0 Å². The molecule has 0 fully saturated rings. The summed E-state index contributed by atoms with van der Waals surface area (Å²) in [6.07, 6.45) is 12.7. The third-order valence-electron chi connectivity index (χ3n) is 4.11. The Morgan fingerprint density at radius 1 is 1.13 bits per heavy atom. The number of fused-ring (bicyclic) bond motifs is 1. The minimum atomic E-state index is 0.838. The fourth-order valence-corrected chi connectivity index (χ4v) is 2.94. The summed E-state index contributed by atoms with van der Waals surface area (Å²) in [5.41, 5.74) is 6.31. The van der Waals surface area contributed by atoms with Gasteiger partial charge in [-0.3, -0.25) is 0 Å². The van der Waals surface area contributed by atoms with Crippen LogP contribution in [-0.4, -0.2) is 6.54 Å². The number of hydrogen-bond donors (Lipinski definition) is 0. The summed E-state index contributed by atoms with van der Waals surface area (Å²) in [4.78, 5) is 2.36. The molecule has 3 rings (SSSR count). The lowest BCUT2D eigenvalue weighted by molar-refractivity contribution is -0.687. The second-order valence-corrected chi connectivity index (χ2v) is 5.83. The molecule has 23 heavy (non-hydrogen) atoms. The van der Waals surface area contributed by atoms with Gasteiger partial charge in [0.1, 0.15) is 0 Å². The van der Waals surface area contributed by atoms with Crippen LogP contribution in [0.25, 0.3) is 12.2 Å². The molecular weight excluding hydrogens is 280 g/mol. The van der Waals surface area contributed by atoms with E-state index < -0.39 is 0 Å². The van der Waals surface area contributed by atoms with E-state index in [4.69, 9.17) is 0 Å². The summed E-state index contributed by atoms with van der Waals surface area (Å²) >= 11 is 0. The Morgan fingerprint density at radius 3 is 2.61 bits per heavy atom. The SMILES string of the molecule is C=CC[n+]1ccc(/C=C2\C=Cc3cc(C)ccc3N2CC)cc1. The van der Waals surface area contributed by atoms with Crippen molar-refractivity contribution in [2.24, 2.45) is 0 Å². The van der Waals surface area contributed by atoms with Gasteiger partial charge in [-0.1, -0.05) is 24.3 Å². The van der Waals surface area contributed by atoms with Gasteiger partial charge in [0.25, 0.3) is 0 Å². The van der Waals surface area contributed by atoms with E-state index >= 15 is 0 Å². The van der Waals surface area contributed by atoms with Crippen molar-refractivity contribution in [1.82, 2.24) is 0 Å². The van der Waals surface area contributed by atoms with Crippen LogP contribution in [0.15, 0.2) is 67.2 Å². The molecule has 1 aliphatic rings. The van der Waals surface area contributed by atoms with Crippen LogP contribution in [0.4, 0.5) is 5.69 Å². The first-order valence-corrected chi connectivity index (χ1v) is 8.09. The number of hydrogen-bond acceptors (Lipinski definition) is 1. The van der Waals surface area contributed by atoms with Crippen molar-refractivity contribution in [2.75, 3.05) is 11.4 Å². The molecule has 2 heteroatoms. The minimum Gasteiger partial charge on any atom is -0.341 e. The summed E-state index contributed by atoms with van der Waals surface area (Å²) in [6, 6.07) is 10.9. The zero-order valence-corrected chi connectivity index (χ0v) is 13.9. The van der Waals surface area contributed by atoms with Crippen LogP contribution in [0, 0.1) is 6.92 Å². The normalized spacial score (nSPS) is 14.9. The van der Waals surface area contributed by atoms with E-state index in [1.807, 2.05) is 6.08 Å². The van der Waals surface area contributed by atoms with Gasteiger partial charge >= 0.3 is 0 Å². The number of likely N-dealkylation sites (N-methyl/N-ethyl adjacent to an activating group) is 1. The summed E-state index contributed by atoms with van der Waals surface area (Å²) in [6.45, 7) is 9.89. The van der Waals surface area contributed by atoms with Crippen LogP contribution < -0.4 is 9.47 Å². The lowest BCUT2D eigenvalue weighted by Gasteiger charge is -2.29. The number of benzene rings is 1. The quantitative estimate of drug-likeness (QED) is 0.601. The maximum atomic E-state index is 3.77. The van der Waals surface area contributed by atoms with E-state index in [0.29, 0.717) is 0 Å². The summed E-state index contributed by atoms with van der Waals surface area (Å²) in [5, 5.41) is 0. The van der Waals surface area contributed by atoms with Crippen molar-refractivity contribution < 1.29 is 4.57 Å². The Morgan fingerprint density at radius 2 is 1.91 bits per heavy atom. The highest BCUT2D eigenvalue weighted by atomic mass is 15.1. The average molecular weight is 303 g/mol. The van der Waals surface area contributed by atoms with E-state index in [1.165, 1.54) is 28.1 Å². The minimum absolute atomic E-state index is 0.838. The Balaban J connectivity index is 1.93. The maximum Gasteiger partial charge on any atom is 0.169 e. The van der Waals surface area contributed by atoms with Crippen LogP contribution in [0.5, 0.6) is 0 Å². The van der Waals surface area contributed by atoms with E-state index in [9.17, 15) is 0 Å². The molecule has 1 aromatic carbocycles. The molecule has 0 saturated carbocycles. The van der Waals surface area contributed by atoms with Gasteiger partial charge in [-0.15, -0.1) is 0 Å². The first-order chi connectivity index (χ1) is 11.2. The third-order valence-corrected chi connectivity index (χ3v) is 4.11. The van der Waals surface area contributed by atoms with Gasteiger partial charge in [-0.05, 0) is 55.3 Å². The number of aryl methyl sites for hydroxylation is 1. The molecule has 0 saturated heterocycles. The van der Waals surface area contributed by atoms with Gasteiger partial charge in [0.2, 0.25) is 0 Å². The zero-order chi connectivity index (χ0) is 16.2. The summed E-state index contributed by atoms with van der Waals surface area (Å²) in [7, 11) is 0. The molecular formula is C21H23N2+. The van der Waals surface area contributed by atoms with E-state index in [0.717, 1.165) is 13.1 Å². The standard InChI is InChI=1S/C21H23N2/c1-4-12-22-13-10-18(11-14-22)16-20-8-7-19-15-17(3)6-9-21(19)23(20)5-2/h4,6-11,13-16H,1,5,12H2,2-3H3/q+1. The molecule has 2 aromatic rings. The van der Waals surface area contributed by atoms with E-state index in [1.54, 1.807) is 0 Å². The Kier molecular flexibility index (Phi) is 4.42. The average Bonchev–Trinajstić information content (AvgIpc) is 2.56. The molecule has 116 valence electrons. The number of pyridine rings is 1. The van der Waals surface area contributed by atoms with Crippen molar-refractivity contribution in [3.8, 4) is 0 Å². The van der Waals surface area contributed by atoms with Crippen LogP contribution in [-0.2, 0) is 6.54 Å². The molecule has 0 unspecified atom stereocenters. The Hall–Kier alpha value is -2.61. The highest BCUT2D eigenvalue weighted by molar-refractivity contribution is 5.80. The first-order valence-electron chi connectivity index (χ1n) is 8.09. The topological polar surface area (TPSA) is 7.12 Å². The fourth-order valence-electron chi connectivity index (χ4n) is 2.94. The molecule has 0 bridgehead atoms. The smallest absolute Gasteiger partial charge is 0.169 e. The predicted molar refractivity (Wildman–Crippen MR) is 98.0 cm³/mol. The second-order valence-electron chi connectivity index (χ2n) is 5.83. The number of rotatable bonds is 4. The van der Waals surface area contributed by atoms with Gasteiger partial charge < -0.3 is 4.90 Å². The van der Waals surface area contributed by atoms with Crippen molar-refractivity contribution in [3.63, 3.8) is 0 Å². The molecule has 2 heterocycles. The van der Waals surface area contributed by atoms with Crippen LogP contribution in [0.2, 0.25) is 0 Å². The first kappa shape index (κ1) is 15.3. The van der Waals surface area contributed by atoms with Crippen molar-refractivity contribution in [3.05, 3.63) is 83.8 Å². The van der Waals surface area contributed by atoms with E-state index in [2.05, 4.69) is 90.8 Å². The highest BCUT2D eigenvalue weighted by Crippen LogP contribution is 2.32. The second kappa shape index (κ2) is 6.66. The molecule has 0 spiro atoms. The molecule has 0 aliphatic carbocycles. The lowest BCUT2D eigenvalue weighted by Crippen LogP contribution is -2.31. The molecule has 0 amide bonds. The molecule has 0 N–H and O–H groups in total. The van der Waals surface area contributed by atoms with Gasteiger partial charge in [0.05, 0.1) is 0 Å². The molecule has 2 nitrogen and oxygen atoms in total. The van der Waals surface area contributed by atoms with Gasteiger partial charge in [0.15, 0.2) is 18.9 Å². The molecule has 0 atom stereocenters.